The summed E-state index contributed by atoms with van der Waals surface area (Å²) in [4.78, 5) is 40.3. The standard InChI is InChI=1S/C23H24N2O4/c1-14(2)13-19(25-22(27)15-7-3-4-8-16(15)23(25)28)21(26)24-18-11-12-29-20-10-6-5-9-17(18)20/h3-10,14,18-19H,11-13H2,1-2H3,(H,24,26)/t18-,19+/m1/s1. The first-order valence-electron chi connectivity index (χ1n) is 9.96. The Bertz CT molecular complexity index is 934. The number of benzene rings is 2. The number of carbonyl (C=O) groups is 3. The Hall–Kier alpha value is -3.15. The summed E-state index contributed by atoms with van der Waals surface area (Å²) in [6.07, 6.45) is 1.04. The molecule has 29 heavy (non-hydrogen) atoms. The second-order valence-electron chi connectivity index (χ2n) is 7.91. The summed E-state index contributed by atoms with van der Waals surface area (Å²) in [6, 6.07) is 13.3. The number of carbonyl (C=O) groups excluding carboxylic acids is 3. The lowest BCUT2D eigenvalue weighted by Crippen LogP contribution is -2.51. The van der Waals surface area contributed by atoms with E-state index in [9.17, 15) is 14.4 Å². The molecule has 2 aliphatic rings. The molecule has 4 rings (SSSR count). The number of ether oxygens (including phenoxy) is 1. The fraction of sp³-hybridized carbons (Fsp3) is 0.348. The number of fused-ring (bicyclic) bond motifs is 2. The smallest absolute Gasteiger partial charge is 0.262 e. The molecule has 0 saturated heterocycles. The Morgan fingerprint density at radius 1 is 1.07 bits per heavy atom. The maximum Gasteiger partial charge on any atom is 0.262 e. The van der Waals surface area contributed by atoms with Crippen molar-refractivity contribution in [1.82, 2.24) is 10.2 Å². The normalized spacial score (nSPS) is 18.9. The maximum atomic E-state index is 13.3. The second kappa shape index (κ2) is 7.70. The fourth-order valence-electron chi connectivity index (χ4n) is 4.03. The highest BCUT2D eigenvalue weighted by Gasteiger charge is 2.43. The Labute approximate surface area is 169 Å². The maximum absolute atomic E-state index is 13.3. The molecule has 2 atom stereocenters. The molecule has 0 aromatic heterocycles. The minimum absolute atomic E-state index is 0.136. The highest BCUT2D eigenvalue weighted by molar-refractivity contribution is 6.22. The van der Waals surface area contributed by atoms with Crippen LogP contribution in [-0.2, 0) is 4.79 Å². The van der Waals surface area contributed by atoms with Crippen LogP contribution in [0.4, 0.5) is 0 Å². The first-order valence-corrected chi connectivity index (χ1v) is 9.96. The molecule has 0 spiro atoms. The number of nitrogens with zero attached hydrogens (tertiary/aromatic N) is 1. The van der Waals surface area contributed by atoms with Crippen LogP contribution < -0.4 is 10.1 Å². The molecule has 2 aromatic rings. The Balaban J connectivity index is 1.61. The predicted molar refractivity (Wildman–Crippen MR) is 108 cm³/mol. The summed E-state index contributed by atoms with van der Waals surface area (Å²) in [7, 11) is 0. The molecule has 6 nitrogen and oxygen atoms in total. The van der Waals surface area contributed by atoms with Crippen LogP contribution in [0.3, 0.4) is 0 Å². The van der Waals surface area contributed by atoms with Gasteiger partial charge in [-0.2, -0.15) is 0 Å². The quantitative estimate of drug-likeness (QED) is 0.792. The SMILES string of the molecule is CC(C)C[C@@H](C(=O)N[C@@H]1CCOc2ccccc21)N1C(=O)c2ccccc2C1=O. The molecule has 6 heteroatoms. The molecule has 0 radical (unpaired) electrons. The van der Waals surface area contributed by atoms with E-state index in [1.807, 2.05) is 38.1 Å². The van der Waals surface area contributed by atoms with Crippen molar-refractivity contribution in [3.8, 4) is 5.75 Å². The van der Waals surface area contributed by atoms with Crippen LogP contribution in [0.15, 0.2) is 48.5 Å². The van der Waals surface area contributed by atoms with Crippen molar-refractivity contribution < 1.29 is 19.1 Å². The third kappa shape index (κ3) is 3.50. The summed E-state index contributed by atoms with van der Waals surface area (Å²) < 4.78 is 5.67. The van der Waals surface area contributed by atoms with Crippen molar-refractivity contribution in [3.05, 3.63) is 65.2 Å². The molecule has 0 aliphatic carbocycles. The molecule has 2 aromatic carbocycles. The zero-order chi connectivity index (χ0) is 20.5. The second-order valence-corrected chi connectivity index (χ2v) is 7.91. The number of amides is 3. The van der Waals surface area contributed by atoms with Crippen LogP contribution in [0.5, 0.6) is 5.75 Å². The van der Waals surface area contributed by atoms with E-state index in [-0.39, 0.29) is 17.9 Å². The van der Waals surface area contributed by atoms with Gasteiger partial charge in [-0.3, -0.25) is 19.3 Å². The van der Waals surface area contributed by atoms with Crippen molar-refractivity contribution in [2.24, 2.45) is 5.92 Å². The average Bonchev–Trinajstić information content (AvgIpc) is 2.97. The largest absolute Gasteiger partial charge is 0.493 e. The predicted octanol–water partition coefficient (Wildman–Crippen LogP) is 3.34. The van der Waals surface area contributed by atoms with Crippen LogP contribution in [0.2, 0.25) is 0 Å². The van der Waals surface area contributed by atoms with Crippen molar-refractivity contribution in [3.63, 3.8) is 0 Å². The molecule has 0 bridgehead atoms. The van der Waals surface area contributed by atoms with E-state index in [4.69, 9.17) is 4.74 Å². The first-order chi connectivity index (χ1) is 14.0. The molecule has 0 saturated carbocycles. The lowest BCUT2D eigenvalue weighted by Gasteiger charge is -2.31. The molecular weight excluding hydrogens is 368 g/mol. The van der Waals surface area contributed by atoms with Gasteiger partial charge in [0.2, 0.25) is 5.91 Å². The van der Waals surface area contributed by atoms with Crippen LogP contribution in [0, 0.1) is 5.92 Å². The van der Waals surface area contributed by atoms with Gasteiger partial charge in [0.15, 0.2) is 0 Å². The monoisotopic (exact) mass is 392 g/mol. The summed E-state index contributed by atoms with van der Waals surface area (Å²) in [5.41, 5.74) is 1.63. The molecule has 150 valence electrons. The molecular formula is C23H24N2O4. The molecule has 0 fully saturated rings. The highest BCUT2D eigenvalue weighted by atomic mass is 16.5. The number of imide groups is 1. The molecule has 2 heterocycles. The van der Waals surface area contributed by atoms with Crippen LogP contribution >= 0.6 is 0 Å². The number of rotatable bonds is 5. The van der Waals surface area contributed by atoms with Crippen molar-refractivity contribution >= 4 is 17.7 Å². The minimum atomic E-state index is -0.850. The van der Waals surface area contributed by atoms with E-state index in [2.05, 4.69) is 5.32 Å². The average molecular weight is 392 g/mol. The zero-order valence-electron chi connectivity index (χ0n) is 16.6. The van der Waals surface area contributed by atoms with Gasteiger partial charge >= 0.3 is 0 Å². The van der Waals surface area contributed by atoms with E-state index in [1.165, 1.54) is 0 Å². The van der Waals surface area contributed by atoms with Gasteiger partial charge in [0.25, 0.3) is 11.8 Å². The number of hydrogen-bond acceptors (Lipinski definition) is 4. The van der Waals surface area contributed by atoms with Crippen molar-refractivity contribution in [2.75, 3.05) is 6.61 Å². The van der Waals surface area contributed by atoms with Crippen LogP contribution in [0.1, 0.15) is 59.0 Å². The van der Waals surface area contributed by atoms with Gasteiger partial charge in [-0.1, -0.05) is 44.2 Å². The Kier molecular flexibility index (Phi) is 5.09. The summed E-state index contributed by atoms with van der Waals surface area (Å²) in [5.74, 6) is -0.227. The van der Waals surface area contributed by atoms with E-state index < -0.39 is 17.9 Å². The third-order valence-electron chi connectivity index (χ3n) is 5.41. The van der Waals surface area contributed by atoms with Gasteiger partial charge in [0.1, 0.15) is 11.8 Å². The number of para-hydroxylation sites is 1. The number of hydrogen-bond donors (Lipinski definition) is 1. The van der Waals surface area contributed by atoms with Gasteiger partial charge in [-0.05, 0) is 30.5 Å². The summed E-state index contributed by atoms with van der Waals surface area (Å²) in [6.45, 7) is 4.45. The number of nitrogens with one attached hydrogen (secondary N) is 1. The van der Waals surface area contributed by atoms with Crippen molar-refractivity contribution in [1.29, 1.82) is 0 Å². The van der Waals surface area contributed by atoms with Crippen molar-refractivity contribution in [2.45, 2.75) is 38.8 Å². The van der Waals surface area contributed by atoms with Crippen LogP contribution in [0.25, 0.3) is 0 Å². The lowest BCUT2D eigenvalue weighted by atomic mass is 9.98. The topological polar surface area (TPSA) is 75.7 Å². The molecule has 1 N–H and O–H groups in total. The minimum Gasteiger partial charge on any atom is -0.493 e. The first kappa shape index (κ1) is 19.2. The lowest BCUT2D eigenvalue weighted by molar-refractivity contribution is -0.126. The Morgan fingerprint density at radius 3 is 2.34 bits per heavy atom. The zero-order valence-corrected chi connectivity index (χ0v) is 16.6. The Morgan fingerprint density at radius 2 is 1.69 bits per heavy atom. The van der Waals surface area contributed by atoms with E-state index in [0.717, 1.165) is 16.2 Å². The van der Waals surface area contributed by atoms with Crippen LogP contribution in [-0.4, -0.2) is 35.3 Å². The molecule has 0 unspecified atom stereocenters. The van der Waals surface area contributed by atoms with Gasteiger partial charge < -0.3 is 10.1 Å². The molecule has 2 aliphatic heterocycles. The fourth-order valence-corrected chi connectivity index (χ4v) is 4.03. The summed E-state index contributed by atoms with van der Waals surface area (Å²) >= 11 is 0. The highest BCUT2D eigenvalue weighted by Crippen LogP contribution is 2.32. The summed E-state index contributed by atoms with van der Waals surface area (Å²) in [5, 5.41) is 3.06. The van der Waals surface area contributed by atoms with E-state index in [1.54, 1.807) is 24.3 Å². The molecule has 3 amide bonds. The van der Waals surface area contributed by atoms with Gasteiger partial charge in [0, 0.05) is 12.0 Å². The third-order valence-corrected chi connectivity index (χ3v) is 5.41. The van der Waals surface area contributed by atoms with Gasteiger partial charge in [0.05, 0.1) is 23.8 Å². The van der Waals surface area contributed by atoms with Gasteiger partial charge in [-0.15, -0.1) is 0 Å². The van der Waals surface area contributed by atoms with E-state index in [0.29, 0.717) is 30.6 Å². The van der Waals surface area contributed by atoms with E-state index >= 15 is 0 Å². The van der Waals surface area contributed by atoms with Gasteiger partial charge in [-0.25, -0.2) is 0 Å².